The zero-order chi connectivity index (χ0) is 55.5. The van der Waals surface area contributed by atoms with Gasteiger partial charge < -0.3 is 67.3 Å². The average molecular weight is 1090 g/mol. The summed E-state index contributed by atoms with van der Waals surface area (Å²) in [5.74, 6) is -0.559. The number of aliphatic carboxylic acids is 1. The standard InChI is InChI=1S/C60H88N2O16/c1-48(2)19-21-67-22-23-68-24-25-69-26-27-70-28-29-71-30-31-72-32-33-73-34-35-74-36-37-75-38-39-76-40-41-77-42-43-78-58-17-16-55(56-9-5-6-10-57(56)58)51-14-12-50(13-15-51)52(46-60(65)66)45-54(63)47-62-59(64)11-7-4-8-53-44-49(3)18-20-61-53/h5-6,9-10,12-18,20,44,48,52H,4,7-8,11,19,21-43,45-47H2,1-3H3,(H,62,64)(H,65,66)/t52-/m0/s1. The average Bonchev–Trinajstić information content (AvgIpc) is 3.43. The molecule has 0 saturated heterocycles. The number of aromatic nitrogens is 1. The first-order chi connectivity index (χ1) is 38.2. The van der Waals surface area contributed by atoms with Gasteiger partial charge in [0.2, 0.25) is 5.91 Å². The normalized spacial score (nSPS) is 11.9. The quantitative estimate of drug-likeness (QED) is 0.0404. The minimum absolute atomic E-state index is 0.00279. The van der Waals surface area contributed by atoms with Crippen molar-refractivity contribution in [3.05, 3.63) is 95.8 Å². The predicted octanol–water partition coefficient (Wildman–Crippen LogP) is 7.86. The van der Waals surface area contributed by atoms with Crippen molar-refractivity contribution >= 4 is 28.4 Å². The number of carboxylic acids is 1. The van der Waals surface area contributed by atoms with E-state index in [2.05, 4.69) is 24.1 Å². The van der Waals surface area contributed by atoms with Gasteiger partial charge in [0.1, 0.15) is 12.4 Å². The monoisotopic (exact) mass is 1090 g/mol. The number of carboxylic acid groups (broad SMARTS) is 1. The molecular formula is C60H88N2O16. The lowest BCUT2D eigenvalue weighted by atomic mass is 9.89. The molecule has 18 heteroatoms. The van der Waals surface area contributed by atoms with Crippen LogP contribution in [-0.4, -0.2) is 186 Å². The van der Waals surface area contributed by atoms with Gasteiger partial charge in [-0.15, -0.1) is 0 Å². The van der Waals surface area contributed by atoms with E-state index < -0.39 is 11.9 Å². The van der Waals surface area contributed by atoms with Gasteiger partial charge in [-0.1, -0.05) is 68.4 Å². The molecule has 1 aromatic heterocycles. The number of hydrogen-bond acceptors (Lipinski definition) is 16. The van der Waals surface area contributed by atoms with Crippen LogP contribution in [0.2, 0.25) is 0 Å². The lowest BCUT2D eigenvalue weighted by Crippen LogP contribution is -2.30. The predicted molar refractivity (Wildman–Crippen MR) is 297 cm³/mol. The summed E-state index contributed by atoms with van der Waals surface area (Å²) in [4.78, 5) is 41.6. The Morgan fingerprint density at radius 3 is 1.49 bits per heavy atom. The van der Waals surface area contributed by atoms with Crippen molar-refractivity contribution in [2.45, 2.75) is 71.6 Å². The third-order valence-corrected chi connectivity index (χ3v) is 12.1. The maximum Gasteiger partial charge on any atom is 0.303 e. The van der Waals surface area contributed by atoms with Crippen molar-refractivity contribution in [1.29, 1.82) is 0 Å². The lowest BCUT2D eigenvalue weighted by molar-refractivity contribution is -0.137. The summed E-state index contributed by atoms with van der Waals surface area (Å²) in [5.41, 5.74) is 4.82. The molecule has 1 atom stereocenters. The zero-order valence-electron chi connectivity index (χ0n) is 46.6. The van der Waals surface area contributed by atoms with E-state index >= 15 is 0 Å². The Hall–Kier alpha value is -4.96. The summed E-state index contributed by atoms with van der Waals surface area (Å²) >= 11 is 0. The molecule has 1 amide bonds. The van der Waals surface area contributed by atoms with Crippen LogP contribution in [0.15, 0.2) is 79.0 Å². The molecule has 3 aromatic carbocycles. The molecule has 0 saturated carbocycles. The number of aryl methyl sites for hydroxylation is 2. The Bertz CT molecular complexity index is 2190. The van der Waals surface area contributed by atoms with Crippen molar-refractivity contribution in [2.75, 3.05) is 159 Å². The van der Waals surface area contributed by atoms with Crippen LogP contribution in [0.25, 0.3) is 21.9 Å². The number of amides is 1. The van der Waals surface area contributed by atoms with Crippen molar-refractivity contribution in [2.24, 2.45) is 5.92 Å². The molecule has 1 heterocycles. The second-order valence-corrected chi connectivity index (χ2v) is 18.9. The van der Waals surface area contributed by atoms with Crippen molar-refractivity contribution < 1.29 is 76.3 Å². The highest BCUT2D eigenvalue weighted by atomic mass is 16.6. The first-order valence-electron chi connectivity index (χ1n) is 27.7. The summed E-state index contributed by atoms with van der Waals surface area (Å²) in [6.07, 6.45) is 5.24. The zero-order valence-corrected chi connectivity index (χ0v) is 46.6. The van der Waals surface area contributed by atoms with Crippen LogP contribution in [-0.2, 0) is 72.9 Å². The van der Waals surface area contributed by atoms with Gasteiger partial charge in [-0.3, -0.25) is 19.4 Å². The number of benzene rings is 3. The number of carbonyl (C=O) groups is 3. The van der Waals surface area contributed by atoms with E-state index in [1.165, 1.54) is 0 Å². The van der Waals surface area contributed by atoms with Crippen LogP contribution < -0.4 is 10.1 Å². The lowest BCUT2D eigenvalue weighted by Gasteiger charge is -2.17. The Morgan fingerprint density at radius 1 is 0.538 bits per heavy atom. The molecule has 0 unspecified atom stereocenters. The summed E-state index contributed by atoms with van der Waals surface area (Å²) in [7, 11) is 0. The first-order valence-corrected chi connectivity index (χ1v) is 27.7. The van der Waals surface area contributed by atoms with Crippen LogP contribution in [0.3, 0.4) is 0 Å². The van der Waals surface area contributed by atoms with Crippen molar-refractivity contribution in [3.8, 4) is 16.9 Å². The number of hydrogen-bond donors (Lipinski definition) is 2. The second-order valence-electron chi connectivity index (χ2n) is 18.9. The molecule has 0 bridgehead atoms. The molecule has 0 aliphatic heterocycles. The minimum atomic E-state index is -0.995. The van der Waals surface area contributed by atoms with E-state index in [1.807, 2.05) is 79.7 Å². The van der Waals surface area contributed by atoms with E-state index in [-0.39, 0.29) is 31.1 Å². The van der Waals surface area contributed by atoms with E-state index in [0.717, 1.165) is 70.3 Å². The Morgan fingerprint density at radius 2 is 1.01 bits per heavy atom. The molecule has 4 rings (SSSR count). The van der Waals surface area contributed by atoms with Gasteiger partial charge in [0.05, 0.1) is 152 Å². The number of unbranched alkanes of at least 4 members (excludes halogenated alkanes) is 1. The topological polar surface area (TPSA) is 207 Å². The van der Waals surface area contributed by atoms with Crippen LogP contribution in [0.4, 0.5) is 0 Å². The molecular weight excluding hydrogens is 1000 g/mol. The maximum absolute atomic E-state index is 13.0. The van der Waals surface area contributed by atoms with Crippen molar-refractivity contribution in [1.82, 2.24) is 10.3 Å². The summed E-state index contributed by atoms with van der Waals surface area (Å²) in [6.45, 7) is 17.7. The summed E-state index contributed by atoms with van der Waals surface area (Å²) < 4.78 is 67.2. The van der Waals surface area contributed by atoms with Crippen LogP contribution in [0, 0.1) is 12.8 Å². The van der Waals surface area contributed by atoms with E-state index in [1.54, 1.807) is 6.20 Å². The van der Waals surface area contributed by atoms with Crippen molar-refractivity contribution in [3.63, 3.8) is 0 Å². The molecule has 0 fully saturated rings. The molecule has 78 heavy (non-hydrogen) atoms. The van der Waals surface area contributed by atoms with Gasteiger partial charge in [0, 0.05) is 42.6 Å². The number of ketones is 1. The number of nitrogens with zero attached hydrogens (tertiary/aromatic N) is 1. The molecule has 0 spiro atoms. The highest BCUT2D eigenvalue weighted by Crippen LogP contribution is 2.35. The number of pyridine rings is 1. The van der Waals surface area contributed by atoms with E-state index in [9.17, 15) is 19.5 Å². The number of rotatable bonds is 50. The minimum Gasteiger partial charge on any atom is -0.491 e. The van der Waals surface area contributed by atoms with Gasteiger partial charge in [0.25, 0.3) is 0 Å². The third-order valence-electron chi connectivity index (χ3n) is 12.1. The highest BCUT2D eigenvalue weighted by Gasteiger charge is 2.21. The van der Waals surface area contributed by atoms with Crippen LogP contribution in [0.5, 0.6) is 5.75 Å². The largest absolute Gasteiger partial charge is 0.491 e. The number of ether oxygens (including phenoxy) is 12. The second kappa shape index (κ2) is 42.9. The maximum atomic E-state index is 13.0. The van der Waals surface area contributed by atoms with E-state index in [4.69, 9.17) is 56.8 Å². The van der Waals surface area contributed by atoms with Gasteiger partial charge in [-0.2, -0.15) is 0 Å². The first kappa shape index (κ1) is 65.6. The van der Waals surface area contributed by atoms with E-state index in [0.29, 0.717) is 164 Å². The fourth-order valence-electron chi connectivity index (χ4n) is 7.89. The number of nitrogens with one attached hydrogen (secondary N) is 1. The molecule has 2 N–H and O–H groups in total. The van der Waals surface area contributed by atoms with Gasteiger partial charge in [-0.05, 0) is 84.4 Å². The van der Waals surface area contributed by atoms with Gasteiger partial charge >= 0.3 is 5.97 Å². The SMILES string of the molecule is Cc1ccnc(CCCCC(=O)NCC(=O)C[C@@H](CC(=O)O)c2ccc(-c3ccc(OCCOCCOCCOCCOCCOCCOCCOCCOCCOCCOCCOCCC(C)C)c4ccccc34)cc2)c1. The van der Waals surface area contributed by atoms with Gasteiger partial charge in [0.15, 0.2) is 5.78 Å². The number of carbonyl (C=O) groups excluding carboxylic acids is 2. The number of Topliss-reactive ketones (excluding diaryl/α,β-unsaturated/α-hetero) is 1. The third kappa shape index (κ3) is 31.0. The molecule has 4 aromatic rings. The number of fused-ring (bicyclic) bond motifs is 1. The smallest absolute Gasteiger partial charge is 0.303 e. The molecule has 0 aliphatic carbocycles. The highest BCUT2D eigenvalue weighted by molar-refractivity contribution is 6.00. The Kier molecular flexibility index (Phi) is 36.1. The Balaban J connectivity index is 0.944. The van der Waals surface area contributed by atoms with Crippen LogP contribution in [0.1, 0.15) is 75.1 Å². The fourth-order valence-corrected chi connectivity index (χ4v) is 7.89. The summed E-state index contributed by atoms with van der Waals surface area (Å²) in [5, 5.41) is 14.4. The molecule has 0 aliphatic rings. The molecule has 0 radical (unpaired) electrons. The summed E-state index contributed by atoms with van der Waals surface area (Å²) in [6, 6.07) is 23.6. The Labute approximate surface area is 462 Å². The molecule has 434 valence electrons. The van der Waals surface area contributed by atoms with Gasteiger partial charge in [-0.25, -0.2) is 0 Å². The van der Waals surface area contributed by atoms with Crippen LogP contribution >= 0.6 is 0 Å². The molecule has 18 nitrogen and oxygen atoms in total. The fraction of sp³-hybridized carbons (Fsp3) is 0.600.